The molecule has 0 unspecified atom stereocenters. The molecule has 1 aliphatic heterocycles. The predicted molar refractivity (Wildman–Crippen MR) is 104 cm³/mol. The fourth-order valence-corrected chi connectivity index (χ4v) is 4.27. The van der Waals surface area contributed by atoms with Crippen molar-refractivity contribution >= 4 is 32.7 Å². The van der Waals surface area contributed by atoms with Gasteiger partial charge in [0.2, 0.25) is 5.91 Å². The van der Waals surface area contributed by atoms with E-state index in [1.807, 2.05) is 31.2 Å². The smallest absolute Gasteiger partial charge is 0.223 e. The largest absolute Gasteiger partial charge is 0.356 e. The number of amides is 1. The third kappa shape index (κ3) is 3.39. The summed E-state index contributed by atoms with van der Waals surface area (Å²) in [6.07, 6.45) is 5.30. The molecule has 4 heterocycles. The lowest BCUT2D eigenvalue weighted by Crippen LogP contribution is -2.40. The first kappa shape index (κ1) is 16.9. The van der Waals surface area contributed by atoms with Crippen LogP contribution in [0, 0.1) is 5.92 Å². The van der Waals surface area contributed by atoms with E-state index in [0.717, 1.165) is 52.7 Å². The third-order valence-corrected chi connectivity index (χ3v) is 5.73. The molecule has 0 aromatic carbocycles. The Morgan fingerprint density at radius 2 is 1.96 bits per heavy atom. The minimum absolute atomic E-state index is 0.122. The van der Waals surface area contributed by atoms with Crippen LogP contribution >= 0.6 is 11.3 Å². The van der Waals surface area contributed by atoms with Crippen molar-refractivity contribution in [2.75, 3.05) is 24.5 Å². The number of piperidine rings is 1. The van der Waals surface area contributed by atoms with Crippen molar-refractivity contribution in [1.29, 1.82) is 0 Å². The lowest BCUT2D eigenvalue weighted by molar-refractivity contribution is -0.125. The van der Waals surface area contributed by atoms with E-state index >= 15 is 0 Å². The molecule has 1 amide bonds. The summed E-state index contributed by atoms with van der Waals surface area (Å²) in [4.78, 5) is 28.8. The molecule has 1 aliphatic rings. The number of rotatable bonds is 4. The topological polar surface area (TPSA) is 71.0 Å². The van der Waals surface area contributed by atoms with Crippen LogP contribution in [0.1, 0.15) is 19.8 Å². The van der Waals surface area contributed by atoms with Gasteiger partial charge in [0, 0.05) is 43.5 Å². The highest BCUT2D eigenvalue weighted by atomic mass is 32.1. The lowest BCUT2D eigenvalue weighted by atomic mass is 9.96. The Hall–Kier alpha value is -2.54. The summed E-state index contributed by atoms with van der Waals surface area (Å²) in [5, 5.41) is 3.92. The number of fused-ring (bicyclic) bond motifs is 1. The predicted octanol–water partition coefficient (Wildman–Crippen LogP) is 3.11. The molecule has 7 heteroatoms. The highest BCUT2D eigenvalue weighted by Gasteiger charge is 2.26. The van der Waals surface area contributed by atoms with Crippen LogP contribution in [0.25, 0.3) is 21.6 Å². The summed E-state index contributed by atoms with van der Waals surface area (Å²) in [6, 6.07) is 7.95. The Balaban J connectivity index is 1.51. The minimum atomic E-state index is 0.122. The highest BCUT2D eigenvalue weighted by Crippen LogP contribution is 2.32. The zero-order valence-electron chi connectivity index (χ0n) is 14.7. The van der Waals surface area contributed by atoms with Gasteiger partial charge in [-0.3, -0.25) is 9.78 Å². The number of pyridine rings is 2. The Labute approximate surface area is 156 Å². The molecule has 26 heavy (non-hydrogen) atoms. The molecule has 0 atom stereocenters. The van der Waals surface area contributed by atoms with Gasteiger partial charge in [0.15, 0.2) is 5.13 Å². The van der Waals surface area contributed by atoms with Gasteiger partial charge in [-0.2, -0.15) is 0 Å². The second kappa shape index (κ2) is 7.37. The minimum Gasteiger partial charge on any atom is -0.356 e. The molecule has 0 bridgehead atoms. The molecule has 0 aliphatic carbocycles. The van der Waals surface area contributed by atoms with Gasteiger partial charge in [0.05, 0.1) is 5.69 Å². The Bertz CT molecular complexity index is 903. The van der Waals surface area contributed by atoms with E-state index < -0.39 is 0 Å². The average Bonchev–Trinajstić information content (AvgIpc) is 3.12. The summed E-state index contributed by atoms with van der Waals surface area (Å²) in [5.74, 6) is 0.303. The van der Waals surface area contributed by atoms with E-state index in [1.54, 1.807) is 23.7 Å². The molecule has 4 rings (SSSR count). The molecule has 1 N–H and O–H groups in total. The van der Waals surface area contributed by atoms with Crippen LogP contribution in [0.15, 0.2) is 36.7 Å². The van der Waals surface area contributed by atoms with Crippen LogP contribution < -0.4 is 10.2 Å². The first-order valence-electron chi connectivity index (χ1n) is 8.95. The van der Waals surface area contributed by atoms with E-state index in [-0.39, 0.29) is 11.8 Å². The number of carbonyl (C=O) groups excluding carboxylic acids is 1. The Morgan fingerprint density at radius 1 is 1.19 bits per heavy atom. The molecule has 3 aromatic heterocycles. The van der Waals surface area contributed by atoms with Crippen molar-refractivity contribution in [3.05, 3.63) is 36.7 Å². The number of aromatic nitrogens is 3. The molecule has 0 spiro atoms. The summed E-state index contributed by atoms with van der Waals surface area (Å²) in [6.45, 7) is 4.38. The number of hydrogen-bond acceptors (Lipinski definition) is 6. The normalized spacial score (nSPS) is 15.3. The van der Waals surface area contributed by atoms with Gasteiger partial charge in [-0.15, -0.1) is 0 Å². The summed E-state index contributed by atoms with van der Waals surface area (Å²) in [5.41, 5.74) is 2.92. The van der Waals surface area contributed by atoms with Gasteiger partial charge in [-0.05, 0) is 44.0 Å². The first-order chi connectivity index (χ1) is 12.7. The van der Waals surface area contributed by atoms with Gasteiger partial charge < -0.3 is 10.2 Å². The van der Waals surface area contributed by atoms with E-state index in [9.17, 15) is 4.79 Å². The second-order valence-electron chi connectivity index (χ2n) is 6.41. The molecule has 1 fully saturated rings. The quantitative estimate of drug-likeness (QED) is 0.767. The van der Waals surface area contributed by atoms with Gasteiger partial charge in [-0.1, -0.05) is 11.3 Å². The van der Waals surface area contributed by atoms with Crippen molar-refractivity contribution in [3.8, 4) is 11.3 Å². The summed E-state index contributed by atoms with van der Waals surface area (Å²) >= 11 is 1.62. The van der Waals surface area contributed by atoms with Crippen LogP contribution in [-0.2, 0) is 4.79 Å². The fraction of sp³-hybridized carbons (Fsp3) is 0.368. The van der Waals surface area contributed by atoms with Gasteiger partial charge in [0.25, 0.3) is 0 Å². The molecule has 0 radical (unpaired) electrons. The van der Waals surface area contributed by atoms with E-state index in [2.05, 4.69) is 15.2 Å². The third-order valence-electron chi connectivity index (χ3n) is 4.71. The van der Waals surface area contributed by atoms with Crippen LogP contribution in [0.4, 0.5) is 5.13 Å². The van der Waals surface area contributed by atoms with Crippen molar-refractivity contribution in [1.82, 2.24) is 20.3 Å². The van der Waals surface area contributed by atoms with E-state index in [4.69, 9.17) is 9.97 Å². The molecular weight excluding hydrogens is 346 g/mol. The van der Waals surface area contributed by atoms with Crippen molar-refractivity contribution < 1.29 is 4.79 Å². The van der Waals surface area contributed by atoms with Gasteiger partial charge >= 0.3 is 0 Å². The monoisotopic (exact) mass is 367 g/mol. The van der Waals surface area contributed by atoms with Gasteiger partial charge in [0.1, 0.15) is 10.3 Å². The number of hydrogen-bond donors (Lipinski definition) is 1. The molecule has 3 aromatic rings. The molecule has 1 saturated heterocycles. The highest BCUT2D eigenvalue weighted by molar-refractivity contribution is 7.21. The maximum Gasteiger partial charge on any atom is 0.223 e. The number of thiazole rings is 1. The van der Waals surface area contributed by atoms with Crippen molar-refractivity contribution in [2.24, 2.45) is 5.92 Å². The van der Waals surface area contributed by atoms with Crippen LogP contribution in [0.2, 0.25) is 0 Å². The van der Waals surface area contributed by atoms with Gasteiger partial charge in [-0.25, -0.2) is 9.97 Å². The molecule has 6 nitrogen and oxygen atoms in total. The lowest BCUT2D eigenvalue weighted by Gasteiger charge is -2.30. The number of nitrogens with one attached hydrogen (secondary N) is 1. The average molecular weight is 367 g/mol. The second-order valence-corrected chi connectivity index (χ2v) is 7.36. The van der Waals surface area contributed by atoms with Crippen LogP contribution in [0.3, 0.4) is 0 Å². The van der Waals surface area contributed by atoms with E-state index in [1.165, 1.54) is 0 Å². The summed E-state index contributed by atoms with van der Waals surface area (Å²) < 4.78 is 0. The molecular formula is C19H21N5OS. The van der Waals surface area contributed by atoms with E-state index in [0.29, 0.717) is 6.54 Å². The van der Waals surface area contributed by atoms with Crippen LogP contribution in [0.5, 0.6) is 0 Å². The maximum atomic E-state index is 12.0. The standard InChI is InChI=1S/C19H21N5OS/c1-2-21-17(25)14-7-11-24(12-8-14)19-23-16-4-3-15(22-18(16)26-19)13-5-9-20-10-6-13/h3-6,9-10,14H,2,7-8,11-12H2,1H3,(H,21,25). The molecule has 0 saturated carbocycles. The SMILES string of the molecule is CCNC(=O)C1CCN(c2nc3ccc(-c4ccncc4)nc3s2)CC1. The van der Waals surface area contributed by atoms with Crippen molar-refractivity contribution in [2.45, 2.75) is 19.8 Å². The fourth-order valence-electron chi connectivity index (χ4n) is 3.28. The number of anilines is 1. The number of carbonyl (C=O) groups is 1. The summed E-state index contributed by atoms with van der Waals surface area (Å²) in [7, 11) is 0. The Morgan fingerprint density at radius 3 is 2.69 bits per heavy atom. The van der Waals surface area contributed by atoms with Crippen LogP contribution in [-0.4, -0.2) is 40.5 Å². The zero-order valence-corrected chi connectivity index (χ0v) is 15.5. The Kier molecular flexibility index (Phi) is 4.79. The number of nitrogens with zero attached hydrogens (tertiary/aromatic N) is 4. The maximum absolute atomic E-state index is 12.0. The first-order valence-corrected chi connectivity index (χ1v) is 9.77. The zero-order chi connectivity index (χ0) is 17.9. The van der Waals surface area contributed by atoms with Crippen molar-refractivity contribution in [3.63, 3.8) is 0 Å². The molecule has 134 valence electrons.